The maximum atomic E-state index is 13.4. The van der Waals surface area contributed by atoms with Crippen LogP contribution in [0.1, 0.15) is 39.7 Å². The van der Waals surface area contributed by atoms with E-state index in [9.17, 15) is 9.59 Å². The number of piperazine rings is 1. The van der Waals surface area contributed by atoms with Gasteiger partial charge in [-0.3, -0.25) is 9.59 Å². The lowest BCUT2D eigenvalue weighted by molar-refractivity contribution is -0.169. The van der Waals surface area contributed by atoms with Crippen molar-refractivity contribution >= 4 is 34.8 Å². The van der Waals surface area contributed by atoms with E-state index in [0.717, 1.165) is 71.2 Å². The Morgan fingerprint density at radius 2 is 1.76 bits per heavy atom. The number of methoxy groups -OCH3 is 1. The number of aromatic nitrogens is 3. The topological polar surface area (TPSA) is 114 Å². The summed E-state index contributed by atoms with van der Waals surface area (Å²) in [7, 11) is 1.65. The summed E-state index contributed by atoms with van der Waals surface area (Å²) in [5.74, 6) is 1.93. The smallest absolute Gasteiger partial charge is 0.257 e. The molecule has 11 nitrogen and oxygen atoms in total. The number of carbonyl (C=O) groups excluding carboxylic acids is 2. The van der Waals surface area contributed by atoms with Crippen LogP contribution in [0.15, 0.2) is 54.9 Å². The first-order valence-electron chi connectivity index (χ1n) is 15.8. The highest BCUT2D eigenvalue weighted by molar-refractivity contribution is 6.06. The molecule has 3 aliphatic heterocycles. The lowest BCUT2D eigenvalue weighted by Gasteiger charge is -2.43. The number of ether oxygens (including phenoxy) is 2. The van der Waals surface area contributed by atoms with Crippen LogP contribution in [0.4, 0.5) is 23.0 Å². The molecular weight excluding hydrogens is 582 g/mol. The van der Waals surface area contributed by atoms with Gasteiger partial charge in [-0.25, -0.2) is 4.98 Å². The molecule has 0 bridgehead atoms. The predicted molar refractivity (Wildman–Crippen MR) is 177 cm³/mol. The van der Waals surface area contributed by atoms with E-state index in [1.807, 2.05) is 85.1 Å². The van der Waals surface area contributed by atoms with Gasteiger partial charge in [0.05, 0.1) is 37.0 Å². The second-order valence-electron chi connectivity index (χ2n) is 12.7. The Hall–Kier alpha value is -4.90. The van der Waals surface area contributed by atoms with Gasteiger partial charge in [0.15, 0.2) is 0 Å². The van der Waals surface area contributed by atoms with Gasteiger partial charge in [-0.15, -0.1) is 0 Å². The number of aryl methyl sites for hydroxylation is 3. The molecule has 0 radical (unpaired) electrons. The summed E-state index contributed by atoms with van der Waals surface area (Å²) in [5, 5.41) is 6.46. The van der Waals surface area contributed by atoms with Crippen LogP contribution >= 0.6 is 0 Å². The number of anilines is 4. The summed E-state index contributed by atoms with van der Waals surface area (Å²) in [6, 6.07) is 13.9. The molecule has 0 unspecified atom stereocenters. The van der Waals surface area contributed by atoms with E-state index in [4.69, 9.17) is 14.5 Å². The Balaban J connectivity index is 1.06. The zero-order valence-corrected chi connectivity index (χ0v) is 26.7. The van der Waals surface area contributed by atoms with E-state index in [1.54, 1.807) is 7.11 Å². The van der Waals surface area contributed by atoms with Crippen molar-refractivity contribution in [2.24, 2.45) is 5.41 Å². The average molecular weight is 622 g/mol. The van der Waals surface area contributed by atoms with Gasteiger partial charge in [-0.2, -0.15) is 4.98 Å². The van der Waals surface area contributed by atoms with Crippen molar-refractivity contribution in [3.8, 4) is 11.6 Å². The van der Waals surface area contributed by atoms with Crippen LogP contribution in [0.5, 0.6) is 5.75 Å². The molecule has 0 atom stereocenters. The zero-order valence-electron chi connectivity index (χ0n) is 26.7. The maximum Gasteiger partial charge on any atom is 0.257 e. The van der Waals surface area contributed by atoms with Gasteiger partial charge in [0.2, 0.25) is 11.9 Å². The molecule has 2 aromatic heterocycles. The first-order valence-corrected chi connectivity index (χ1v) is 15.8. The third-order valence-electron chi connectivity index (χ3n) is 9.38. The van der Waals surface area contributed by atoms with Gasteiger partial charge < -0.3 is 34.5 Å². The summed E-state index contributed by atoms with van der Waals surface area (Å²) in [4.78, 5) is 40.0. The first kappa shape index (κ1) is 29.8. The van der Waals surface area contributed by atoms with Crippen LogP contribution in [-0.2, 0) is 22.4 Å². The summed E-state index contributed by atoms with van der Waals surface area (Å²) < 4.78 is 13.1. The molecule has 238 valence electrons. The normalized spacial score (nSPS) is 16.6. The van der Waals surface area contributed by atoms with Crippen LogP contribution in [0.2, 0.25) is 0 Å². The third kappa shape index (κ3) is 5.34. The molecule has 2 amide bonds. The van der Waals surface area contributed by atoms with E-state index in [0.29, 0.717) is 43.6 Å². The molecule has 3 aliphatic rings. The van der Waals surface area contributed by atoms with Crippen LogP contribution < -0.4 is 20.3 Å². The third-order valence-corrected chi connectivity index (χ3v) is 9.38. The highest BCUT2D eigenvalue weighted by atomic mass is 16.5. The molecule has 7 rings (SSSR count). The number of hydrogen-bond acceptors (Lipinski definition) is 8. The molecule has 46 heavy (non-hydrogen) atoms. The number of amides is 2. The first-order chi connectivity index (χ1) is 22.2. The zero-order chi connectivity index (χ0) is 32.0. The molecule has 4 aromatic rings. The summed E-state index contributed by atoms with van der Waals surface area (Å²) >= 11 is 0. The minimum absolute atomic E-state index is 0.123. The molecule has 2 N–H and O–H groups in total. The predicted octanol–water partition coefficient (Wildman–Crippen LogP) is 4.67. The SMILES string of the molecule is COc1cc(N2CCN(C(=O)C3(C)COC3)CC2)ccc1Nc1ncc2c(n1)-n1ccc(C(=O)Nc3c(C)cccc3C)c1CC2. The molecule has 2 fully saturated rings. The molecule has 11 heteroatoms. The Kier molecular flexibility index (Phi) is 7.64. The molecule has 0 saturated carbocycles. The van der Waals surface area contributed by atoms with Gasteiger partial charge in [-0.1, -0.05) is 18.2 Å². The number of fused-ring (bicyclic) bond motifs is 3. The molecular formula is C35H39N7O4. The quantitative estimate of drug-likeness (QED) is 0.306. The second kappa shape index (κ2) is 11.8. The minimum Gasteiger partial charge on any atom is -0.494 e. The fourth-order valence-electron chi connectivity index (χ4n) is 6.60. The van der Waals surface area contributed by atoms with Crippen LogP contribution in [0, 0.1) is 19.3 Å². The number of benzene rings is 2. The minimum atomic E-state index is -0.377. The number of hydrogen-bond donors (Lipinski definition) is 2. The highest BCUT2D eigenvalue weighted by Gasteiger charge is 2.44. The van der Waals surface area contributed by atoms with E-state index in [-0.39, 0.29) is 17.2 Å². The van der Waals surface area contributed by atoms with E-state index < -0.39 is 0 Å². The Morgan fingerprint density at radius 1 is 1.00 bits per heavy atom. The van der Waals surface area contributed by atoms with Crippen molar-refractivity contribution in [2.75, 3.05) is 62.0 Å². The second-order valence-corrected chi connectivity index (χ2v) is 12.7. The van der Waals surface area contributed by atoms with Gasteiger partial charge >= 0.3 is 0 Å². The average Bonchev–Trinajstić information content (AvgIpc) is 3.50. The number of nitrogens with one attached hydrogen (secondary N) is 2. The largest absolute Gasteiger partial charge is 0.494 e. The van der Waals surface area contributed by atoms with E-state index in [1.165, 1.54) is 0 Å². The van der Waals surface area contributed by atoms with Crippen LogP contribution in [-0.4, -0.2) is 77.8 Å². The summed E-state index contributed by atoms with van der Waals surface area (Å²) in [6.07, 6.45) is 5.22. The van der Waals surface area contributed by atoms with Crippen LogP contribution in [0.3, 0.4) is 0 Å². The Morgan fingerprint density at radius 3 is 2.46 bits per heavy atom. The lowest BCUT2D eigenvalue weighted by atomic mass is 9.86. The molecule has 0 spiro atoms. The van der Waals surface area contributed by atoms with E-state index >= 15 is 0 Å². The van der Waals surface area contributed by atoms with Crippen molar-refractivity contribution in [3.05, 3.63) is 82.8 Å². The van der Waals surface area contributed by atoms with E-state index in [2.05, 4.69) is 20.5 Å². The number of rotatable bonds is 7. The van der Waals surface area contributed by atoms with Crippen LogP contribution in [0.25, 0.3) is 5.82 Å². The van der Waals surface area contributed by atoms with Gasteiger partial charge in [0, 0.05) is 67.3 Å². The van der Waals surface area contributed by atoms with Crippen molar-refractivity contribution in [1.29, 1.82) is 0 Å². The van der Waals surface area contributed by atoms with Crippen molar-refractivity contribution < 1.29 is 19.1 Å². The summed E-state index contributed by atoms with van der Waals surface area (Å²) in [5.41, 5.74) is 6.91. The maximum absolute atomic E-state index is 13.4. The summed E-state index contributed by atoms with van der Waals surface area (Å²) in [6.45, 7) is 9.84. The Labute approximate surface area is 268 Å². The van der Waals surface area contributed by atoms with Gasteiger partial charge in [0.25, 0.3) is 5.91 Å². The van der Waals surface area contributed by atoms with Crippen molar-refractivity contribution in [3.63, 3.8) is 0 Å². The van der Waals surface area contributed by atoms with Crippen molar-refractivity contribution in [1.82, 2.24) is 19.4 Å². The number of nitrogens with zero attached hydrogens (tertiary/aromatic N) is 5. The molecule has 2 saturated heterocycles. The van der Waals surface area contributed by atoms with Gasteiger partial charge in [-0.05, 0) is 62.9 Å². The fraction of sp³-hybridized carbons (Fsp3) is 0.371. The lowest BCUT2D eigenvalue weighted by Crippen LogP contribution is -2.58. The van der Waals surface area contributed by atoms with Gasteiger partial charge in [0.1, 0.15) is 11.6 Å². The monoisotopic (exact) mass is 621 g/mol. The molecule has 0 aliphatic carbocycles. The standard InChI is InChI=1S/C35H39N7O4/c1-22-6-5-7-23(2)30(22)38-32(43)26-12-13-42-28(26)11-8-24-19-36-34(39-31(24)42)37-27-10-9-25(18-29(27)45-4)40-14-16-41(17-15-40)33(44)35(3)20-46-21-35/h5-7,9-10,12-13,18-19H,8,11,14-17,20-21H2,1-4H3,(H,38,43)(H,36,37,39). The van der Waals surface area contributed by atoms with Crippen molar-refractivity contribution in [2.45, 2.75) is 33.6 Å². The fourth-order valence-corrected chi connectivity index (χ4v) is 6.60. The highest BCUT2D eigenvalue weighted by Crippen LogP contribution is 2.34. The molecule has 5 heterocycles. The molecule has 2 aromatic carbocycles. The number of para-hydroxylation sites is 1. The number of carbonyl (C=O) groups is 2. The Bertz CT molecular complexity index is 1800.